The number of nitrogens with zero attached hydrogens (tertiary/aromatic N) is 1. The fourth-order valence-electron chi connectivity index (χ4n) is 6.87. The highest BCUT2D eigenvalue weighted by Crippen LogP contribution is 2.61. The number of likely N-dealkylation sites (tertiary alicyclic amines) is 1. The number of aliphatic hydroxyl groups is 1. The average Bonchev–Trinajstić information content (AvgIpc) is 3.64. The number of methoxy groups -OCH3 is 1. The third kappa shape index (κ3) is 3.31. The van der Waals surface area contributed by atoms with Crippen molar-refractivity contribution in [1.29, 1.82) is 0 Å². The van der Waals surface area contributed by atoms with Gasteiger partial charge in [0.1, 0.15) is 12.4 Å². The number of benzene rings is 2. The van der Waals surface area contributed by atoms with Crippen LogP contribution in [0.15, 0.2) is 42.5 Å². The summed E-state index contributed by atoms with van der Waals surface area (Å²) in [5, 5.41) is 12.4. The number of ketones is 1. The number of carbonyl (C=O) groups is 1. The fraction of sp³-hybridized carbons (Fsp3) is 0.536. The number of rotatable bonds is 6. The van der Waals surface area contributed by atoms with Gasteiger partial charge in [-0.2, -0.15) is 0 Å². The molecular weight excluding hydrogens is 414 g/mol. The summed E-state index contributed by atoms with van der Waals surface area (Å²) >= 11 is 0. The Bertz CT molecular complexity index is 1070. The minimum Gasteiger partial charge on any atom is -0.493 e. The summed E-state index contributed by atoms with van der Waals surface area (Å²) in [6.07, 6.45) is 5.58. The first-order valence-electron chi connectivity index (χ1n) is 12.4. The van der Waals surface area contributed by atoms with Gasteiger partial charge in [-0.25, -0.2) is 0 Å². The summed E-state index contributed by atoms with van der Waals surface area (Å²) in [5.41, 5.74) is 1.80. The Morgan fingerprint density at radius 2 is 1.94 bits per heavy atom. The van der Waals surface area contributed by atoms with Crippen molar-refractivity contribution in [3.8, 4) is 11.5 Å². The first-order valence-corrected chi connectivity index (χ1v) is 12.4. The standard InChI is InChI=1S/C28H33NO4/c1-32-26-23(33-18-20-5-3-2-4-6-20)10-9-21-15-24-28(31)12-11-22(30)16-27(28,25(21)26)13-14-29(24)17-19-7-8-19/h2-6,9-10,19,24,31H,7-8,11-18H2,1H3/t24-,27-,28-/m1/s1. The second kappa shape index (κ2) is 7.85. The Morgan fingerprint density at radius 1 is 1.12 bits per heavy atom. The van der Waals surface area contributed by atoms with Gasteiger partial charge in [0.2, 0.25) is 0 Å². The van der Waals surface area contributed by atoms with Gasteiger partial charge >= 0.3 is 0 Å². The Morgan fingerprint density at radius 3 is 2.70 bits per heavy atom. The Labute approximate surface area is 195 Å². The first kappa shape index (κ1) is 21.2. The molecule has 2 aromatic carbocycles. The highest BCUT2D eigenvalue weighted by atomic mass is 16.5. The molecule has 2 aromatic rings. The lowest BCUT2D eigenvalue weighted by Gasteiger charge is -2.63. The molecule has 5 heteroatoms. The Kier molecular flexibility index (Phi) is 5.04. The van der Waals surface area contributed by atoms with Crippen LogP contribution in [0.25, 0.3) is 0 Å². The molecule has 1 aliphatic heterocycles. The number of fused-ring (bicyclic) bond motifs is 1. The van der Waals surface area contributed by atoms with Crippen LogP contribution in [-0.4, -0.2) is 47.6 Å². The van der Waals surface area contributed by atoms with Gasteiger partial charge in [0.15, 0.2) is 11.5 Å². The molecule has 33 heavy (non-hydrogen) atoms. The molecule has 2 saturated carbocycles. The van der Waals surface area contributed by atoms with E-state index in [1.165, 1.54) is 18.4 Å². The van der Waals surface area contributed by atoms with Gasteiger partial charge in [-0.3, -0.25) is 9.69 Å². The second-order valence-electron chi connectivity index (χ2n) is 10.5. The zero-order valence-corrected chi connectivity index (χ0v) is 19.4. The predicted octanol–water partition coefficient (Wildman–Crippen LogP) is 4.04. The lowest BCUT2D eigenvalue weighted by molar-refractivity contribution is -0.173. The van der Waals surface area contributed by atoms with Crippen LogP contribution in [0.2, 0.25) is 0 Å². The van der Waals surface area contributed by atoms with Crippen molar-refractivity contribution in [2.24, 2.45) is 5.92 Å². The maximum Gasteiger partial charge on any atom is 0.164 e. The van der Waals surface area contributed by atoms with Gasteiger partial charge in [-0.05, 0) is 61.8 Å². The zero-order chi connectivity index (χ0) is 22.6. The summed E-state index contributed by atoms with van der Waals surface area (Å²) in [5.74, 6) is 2.41. The molecule has 0 unspecified atom stereocenters. The van der Waals surface area contributed by atoms with Crippen molar-refractivity contribution < 1.29 is 19.4 Å². The molecule has 3 fully saturated rings. The quantitative estimate of drug-likeness (QED) is 0.724. The predicted molar refractivity (Wildman–Crippen MR) is 126 cm³/mol. The SMILES string of the molecule is COc1c(OCc2ccccc2)ccc2c1[C@]13CCN(CC4CC4)[C@H](C2)[C@]1(O)CCC(=O)C3. The molecule has 1 N–H and O–H groups in total. The molecule has 3 aliphatic carbocycles. The first-order chi connectivity index (χ1) is 16.0. The number of Topliss-reactive ketones (excluding diaryl/α,β-unsaturated/α-hetero) is 1. The van der Waals surface area contributed by atoms with Crippen LogP contribution in [0.1, 0.15) is 55.2 Å². The van der Waals surface area contributed by atoms with Crippen LogP contribution < -0.4 is 9.47 Å². The van der Waals surface area contributed by atoms with E-state index in [1.54, 1.807) is 7.11 Å². The smallest absolute Gasteiger partial charge is 0.164 e. The molecule has 4 aliphatic rings. The molecule has 6 rings (SSSR count). The highest BCUT2D eigenvalue weighted by Gasteiger charge is 2.65. The summed E-state index contributed by atoms with van der Waals surface area (Å²) < 4.78 is 12.2. The van der Waals surface area contributed by atoms with E-state index in [4.69, 9.17) is 9.47 Å². The van der Waals surface area contributed by atoms with Crippen molar-refractivity contribution in [2.45, 2.75) is 68.6 Å². The van der Waals surface area contributed by atoms with Crippen LogP contribution in [0.5, 0.6) is 11.5 Å². The monoisotopic (exact) mass is 447 g/mol. The van der Waals surface area contributed by atoms with Gasteiger partial charge in [0.05, 0.1) is 12.7 Å². The van der Waals surface area contributed by atoms with E-state index >= 15 is 0 Å². The molecule has 0 aromatic heterocycles. The lowest BCUT2D eigenvalue weighted by Crippen LogP contribution is -2.73. The number of hydrogen-bond acceptors (Lipinski definition) is 5. The van der Waals surface area contributed by atoms with Crippen LogP contribution in [0.4, 0.5) is 0 Å². The van der Waals surface area contributed by atoms with Gasteiger partial charge < -0.3 is 14.6 Å². The maximum atomic E-state index is 12.8. The van der Waals surface area contributed by atoms with Gasteiger partial charge in [0.25, 0.3) is 0 Å². The van der Waals surface area contributed by atoms with Crippen LogP contribution in [0.3, 0.4) is 0 Å². The third-order valence-corrected chi connectivity index (χ3v) is 8.66. The lowest BCUT2D eigenvalue weighted by atomic mass is 9.49. The van der Waals surface area contributed by atoms with Crippen molar-refractivity contribution >= 4 is 5.78 Å². The van der Waals surface area contributed by atoms with Crippen LogP contribution in [0, 0.1) is 5.92 Å². The summed E-state index contributed by atoms with van der Waals surface area (Å²) in [7, 11) is 1.68. The number of ether oxygens (including phenoxy) is 2. The van der Waals surface area contributed by atoms with E-state index in [0.717, 1.165) is 43.0 Å². The average molecular weight is 448 g/mol. The van der Waals surface area contributed by atoms with E-state index in [-0.39, 0.29) is 11.8 Å². The minimum atomic E-state index is -0.910. The molecule has 5 nitrogen and oxygen atoms in total. The van der Waals surface area contributed by atoms with E-state index in [9.17, 15) is 9.90 Å². The largest absolute Gasteiger partial charge is 0.493 e. The van der Waals surface area contributed by atoms with E-state index < -0.39 is 11.0 Å². The number of hydrogen-bond donors (Lipinski definition) is 1. The van der Waals surface area contributed by atoms with E-state index in [1.807, 2.05) is 36.4 Å². The summed E-state index contributed by atoms with van der Waals surface area (Å²) in [4.78, 5) is 15.4. The Balaban J connectivity index is 1.43. The second-order valence-corrected chi connectivity index (χ2v) is 10.5. The van der Waals surface area contributed by atoms with Gasteiger partial charge in [-0.1, -0.05) is 36.4 Å². The highest BCUT2D eigenvalue weighted by molar-refractivity contribution is 5.83. The molecule has 0 spiro atoms. The van der Waals surface area contributed by atoms with E-state index in [0.29, 0.717) is 37.4 Å². The third-order valence-electron chi connectivity index (χ3n) is 8.66. The van der Waals surface area contributed by atoms with Crippen LogP contribution >= 0.6 is 0 Å². The van der Waals surface area contributed by atoms with Crippen LogP contribution in [-0.2, 0) is 23.2 Å². The van der Waals surface area contributed by atoms with Crippen molar-refractivity contribution in [1.82, 2.24) is 4.90 Å². The molecule has 174 valence electrons. The Hall–Kier alpha value is -2.37. The molecule has 3 atom stereocenters. The van der Waals surface area contributed by atoms with E-state index in [2.05, 4.69) is 11.0 Å². The zero-order valence-electron chi connectivity index (χ0n) is 19.4. The number of carbonyl (C=O) groups excluding carboxylic acids is 1. The molecular formula is C28H33NO4. The van der Waals surface area contributed by atoms with Crippen molar-refractivity contribution in [3.63, 3.8) is 0 Å². The minimum absolute atomic E-state index is 0.0632. The van der Waals surface area contributed by atoms with Gasteiger partial charge in [-0.15, -0.1) is 0 Å². The summed E-state index contributed by atoms with van der Waals surface area (Å²) in [6.45, 7) is 2.44. The van der Waals surface area contributed by atoms with Gasteiger partial charge in [0, 0.05) is 36.4 Å². The summed E-state index contributed by atoms with van der Waals surface area (Å²) in [6, 6.07) is 14.3. The van der Waals surface area contributed by atoms with Crippen molar-refractivity contribution in [2.75, 3.05) is 20.2 Å². The topological polar surface area (TPSA) is 59.0 Å². The molecule has 1 heterocycles. The molecule has 2 bridgehead atoms. The molecule has 1 saturated heterocycles. The molecule has 0 radical (unpaired) electrons. The maximum absolute atomic E-state index is 12.8. The molecule has 0 amide bonds. The fourth-order valence-corrected chi connectivity index (χ4v) is 6.87. The van der Waals surface area contributed by atoms with Crippen molar-refractivity contribution in [3.05, 3.63) is 59.2 Å². The normalized spacial score (nSPS) is 31.0. The number of piperidine rings is 1.